The average molecular weight is 416 g/mol. The van der Waals surface area contributed by atoms with E-state index in [-0.39, 0.29) is 10.8 Å². The zero-order valence-electron chi connectivity index (χ0n) is 16.9. The summed E-state index contributed by atoms with van der Waals surface area (Å²) in [5.74, 6) is 1.04. The van der Waals surface area contributed by atoms with Crippen LogP contribution in [0.1, 0.15) is 11.1 Å². The van der Waals surface area contributed by atoms with Gasteiger partial charge < -0.3 is 14.4 Å². The molecule has 0 saturated heterocycles. The fourth-order valence-electron chi connectivity index (χ4n) is 3.19. The maximum atomic E-state index is 12.7. The molecule has 7 nitrogen and oxygen atoms in total. The number of carbonyl (C=O) groups is 1. The molecule has 2 aromatic rings. The molecule has 0 N–H and O–H groups in total. The lowest BCUT2D eigenvalue weighted by Crippen LogP contribution is -2.27. The Morgan fingerprint density at radius 1 is 1.07 bits per heavy atom. The second-order valence-corrected chi connectivity index (χ2v) is 8.92. The lowest BCUT2D eigenvalue weighted by Gasteiger charge is -2.16. The first-order valence-corrected chi connectivity index (χ1v) is 10.5. The van der Waals surface area contributed by atoms with Crippen molar-refractivity contribution in [3.8, 4) is 11.5 Å². The topological polar surface area (TPSA) is 76.2 Å². The van der Waals surface area contributed by atoms with Crippen LogP contribution in [0.4, 0.5) is 5.69 Å². The van der Waals surface area contributed by atoms with Crippen molar-refractivity contribution >= 4 is 27.7 Å². The Morgan fingerprint density at radius 3 is 2.45 bits per heavy atom. The van der Waals surface area contributed by atoms with E-state index in [0.29, 0.717) is 24.5 Å². The van der Waals surface area contributed by atoms with Crippen LogP contribution in [0.3, 0.4) is 0 Å². The monoisotopic (exact) mass is 416 g/mol. The normalized spacial score (nSPS) is 13.8. The number of amides is 1. The van der Waals surface area contributed by atoms with Crippen LogP contribution in [0.2, 0.25) is 0 Å². The average Bonchev–Trinajstić information content (AvgIpc) is 3.14. The number of sulfonamides is 1. The number of carbonyl (C=O) groups excluding carboxylic acids is 1. The summed E-state index contributed by atoms with van der Waals surface area (Å²) in [5.41, 5.74) is 2.40. The second-order valence-electron chi connectivity index (χ2n) is 6.77. The van der Waals surface area contributed by atoms with Crippen LogP contribution in [0.15, 0.2) is 47.4 Å². The number of rotatable bonds is 6. The molecule has 1 heterocycles. The molecule has 3 rings (SSSR count). The molecular formula is C21H24N2O5S. The van der Waals surface area contributed by atoms with E-state index in [1.54, 1.807) is 49.5 Å². The minimum Gasteiger partial charge on any atom is -0.493 e. The van der Waals surface area contributed by atoms with Gasteiger partial charge in [0.25, 0.3) is 5.91 Å². The fraction of sp³-hybridized carbons (Fsp3) is 0.286. The highest BCUT2D eigenvalue weighted by Crippen LogP contribution is 2.31. The standard InChI is InChI=1S/C21H24N2O5S/c1-22(2)29(25,26)17-7-8-18-16(14-17)11-12-23(18)21(24)10-6-15-5-9-19(27-3)20(13-15)28-4/h5-10,13-14H,11-12H2,1-4H3/b10-6+. The SMILES string of the molecule is COc1ccc(/C=C/C(=O)N2CCc3cc(S(=O)(=O)N(C)C)ccc32)cc1OC. The van der Waals surface area contributed by atoms with E-state index >= 15 is 0 Å². The van der Waals surface area contributed by atoms with E-state index in [1.807, 2.05) is 6.07 Å². The summed E-state index contributed by atoms with van der Waals surface area (Å²) in [5, 5.41) is 0. The maximum Gasteiger partial charge on any atom is 0.251 e. The molecular weight excluding hydrogens is 392 g/mol. The summed E-state index contributed by atoms with van der Waals surface area (Å²) in [6.07, 6.45) is 3.83. The molecule has 29 heavy (non-hydrogen) atoms. The molecule has 0 aromatic heterocycles. The van der Waals surface area contributed by atoms with Crippen molar-refractivity contribution in [1.29, 1.82) is 0 Å². The highest BCUT2D eigenvalue weighted by molar-refractivity contribution is 7.89. The van der Waals surface area contributed by atoms with E-state index in [4.69, 9.17) is 9.47 Å². The van der Waals surface area contributed by atoms with Gasteiger partial charge in [0.05, 0.1) is 19.1 Å². The van der Waals surface area contributed by atoms with Gasteiger partial charge in [-0.3, -0.25) is 4.79 Å². The molecule has 1 aliphatic heterocycles. The Morgan fingerprint density at radius 2 is 1.79 bits per heavy atom. The summed E-state index contributed by atoms with van der Waals surface area (Å²) in [6, 6.07) is 10.3. The maximum absolute atomic E-state index is 12.7. The smallest absolute Gasteiger partial charge is 0.251 e. The molecule has 0 aliphatic carbocycles. The molecule has 1 amide bonds. The Balaban J connectivity index is 1.80. The second kappa shape index (κ2) is 8.26. The van der Waals surface area contributed by atoms with E-state index in [0.717, 1.165) is 16.8 Å². The van der Waals surface area contributed by atoms with Gasteiger partial charge in [-0.2, -0.15) is 0 Å². The molecule has 0 fully saturated rings. The lowest BCUT2D eigenvalue weighted by atomic mass is 10.1. The van der Waals surface area contributed by atoms with Crippen molar-refractivity contribution in [3.63, 3.8) is 0 Å². The van der Waals surface area contributed by atoms with Crippen molar-refractivity contribution in [1.82, 2.24) is 4.31 Å². The van der Waals surface area contributed by atoms with Crippen LogP contribution in [-0.2, 0) is 21.2 Å². The Kier molecular flexibility index (Phi) is 5.95. The third kappa shape index (κ3) is 4.13. The number of hydrogen-bond donors (Lipinski definition) is 0. The molecule has 0 spiro atoms. The summed E-state index contributed by atoms with van der Waals surface area (Å²) >= 11 is 0. The Bertz CT molecular complexity index is 1060. The highest BCUT2D eigenvalue weighted by atomic mass is 32.2. The van der Waals surface area contributed by atoms with Gasteiger partial charge in [-0.15, -0.1) is 0 Å². The molecule has 154 valence electrons. The van der Waals surface area contributed by atoms with Crippen molar-refractivity contribution in [3.05, 3.63) is 53.6 Å². The predicted molar refractivity (Wildman–Crippen MR) is 112 cm³/mol. The summed E-state index contributed by atoms with van der Waals surface area (Å²) < 4.78 is 36.3. The number of anilines is 1. The van der Waals surface area contributed by atoms with Gasteiger partial charge in [0.15, 0.2) is 11.5 Å². The third-order valence-electron chi connectivity index (χ3n) is 4.82. The zero-order valence-corrected chi connectivity index (χ0v) is 17.7. The molecule has 8 heteroatoms. The van der Waals surface area contributed by atoms with Crippen LogP contribution in [0.25, 0.3) is 6.08 Å². The molecule has 0 unspecified atom stereocenters. The highest BCUT2D eigenvalue weighted by Gasteiger charge is 2.26. The number of benzene rings is 2. The zero-order chi connectivity index (χ0) is 21.2. The van der Waals surface area contributed by atoms with Crippen molar-refractivity contribution in [2.24, 2.45) is 0 Å². The Labute approximate surface area is 171 Å². The van der Waals surface area contributed by atoms with Gasteiger partial charge in [-0.05, 0) is 54.0 Å². The summed E-state index contributed by atoms with van der Waals surface area (Å²) in [7, 11) is 2.62. The first kappa shape index (κ1) is 20.9. The van der Waals surface area contributed by atoms with Crippen LogP contribution in [-0.4, -0.2) is 53.5 Å². The van der Waals surface area contributed by atoms with Gasteiger partial charge in [0, 0.05) is 32.4 Å². The van der Waals surface area contributed by atoms with Crippen molar-refractivity contribution < 1.29 is 22.7 Å². The third-order valence-corrected chi connectivity index (χ3v) is 6.63. The van der Waals surface area contributed by atoms with E-state index < -0.39 is 10.0 Å². The van der Waals surface area contributed by atoms with Gasteiger partial charge in [-0.1, -0.05) is 6.07 Å². The quantitative estimate of drug-likeness (QED) is 0.677. The first-order valence-electron chi connectivity index (χ1n) is 9.05. The largest absolute Gasteiger partial charge is 0.493 e. The number of nitrogens with zero attached hydrogens (tertiary/aromatic N) is 2. The summed E-state index contributed by atoms with van der Waals surface area (Å²) in [6.45, 7) is 0.510. The Hall–Kier alpha value is -2.84. The van der Waals surface area contributed by atoms with Crippen LogP contribution in [0, 0.1) is 0 Å². The minimum atomic E-state index is -3.50. The predicted octanol–water partition coefficient (Wildman–Crippen LogP) is 2.56. The van der Waals surface area contributed by atoms with Gasteiger partial charge in [0.1, 0.15) is 0 Å². The van der Waals surface area contributed by atoms with Gasteiger partial charge in [0.2, 0.25) is 10.0 Å². The minimum absolute atomic E-state index is 0.165. The van der Waals surface area contributed by atoms with E-state index in [2.05, 4.69) is 0 Å². The van der Waals surface area contributed by atoms with Crippen LogP contribution in [0.5, 0.6) is 11.5 Å². The van der Waals surface area contributed by atoms with Crippen LogP contribution >= 0.6 is 0 Å². The number of methoxy groups -OCH3 is 2. The van der Waals surface area contributed by atoms with Gasteiger partial charge >= 0.3 is 0 Å². The number of ether oxygens (including phenoxy) is 2. The van der Waals surface area contributed by atoms with Crippen molar-refractivity contribution in [2.45, 2.75) is 11.3 Å². The van der Waals surface area contributed by atoms with Crippen molar-refractivity contribution in [2.75, 3.05) is 39.8 Å². The molecule has 0 saturated carbocycles. The molecule has 0 atom stereocenters. The number of fused-ring (bicyclic) bond motifs is 1. The molecule has 0 bridgehead atoms. The van der Waals surface area contributed by atoms with E-state index in [9.17, 15) is 13.2 Å². The fourth-order valence-corrected chi connectivity index (χ4v) is 4.15. The molecule has 2 aromatic carbocycles. The van der Waals surface area contributed by atoms with Gasteiger partial charge in [-0.25, -0.2) is 12.7 Å². The first-order chi connectivity index (χ1) is 13.8. The molecule has 0 radical (unpaired) electrons. The van der Waals surface area contributed by atoms with Crippen LogP contribution < -0.4 is 14.4 Å². The molecule has 1 aliphatic rings. The number of hydrogen-bond acceptors (Lipinski definition) is 5. The lowest BCUT2D eigenvalue weighted by molar-refractivity contribution is -0.114. The van der Waals surface area contributed by atoms with E-state index in [1.165, 1.54) is 30.5 Å². The summed E-state index contributed by atoms with van der Waals surface area (Å²) in [4.78, 5) is 14.6.